The van der Waals surface area contributed by atoms with E-state index in [1.54, 1.807) is 34.9 Å². The van der Waals surface area contributed by atoms with Crippen LogP contribution < -0.4 is 4.74 Å². The van der Waals surface area contributed by atoms with Crippen molar-refractivity contribution in [3.05, 3.63) is 95.3 Å². The second-order valence-corrected chi connectivity index (χ2v) is 6.39. The average Bonchev–Trinajstić information content (AvgIpc) is 3.07. The van der Waals surface area contributed by atoms with E-state index in [9.17, 15) is 18.7 Å². The SMILES string of the molecule is O=C(O)c1ccccc1OCc1nc2ccccc2n1Cc1c(F)cccc1F. The second-order valence-electron chi connectivity index (χ2n) is 6.39. The Bertz CT molecular complexity index is 1180. The lowest BCUT2D eigenvalue weighted by molar-refractivity contribution is 0.0691. The van der Waals surface area contributed by atoms with Gasteiger partial charge in [-0.25, -0.2) is 18.6 Å². The summed E-state index contributed by atoms with van der Waals surface area (Å²) < 4.78 is 35.8. The smallest absolute Gasteiger partial charge is 0.339 e. The number of aromatic nitrogens is 2. The molecule has 0 bridgehead atoms. The van der Waals surface area contributed by atoms with Crippen LogP contribution in [0.15, 0.2) is 66.7 Å². The zero-order chi connectivity index (χ0) is 20.4. The molecule has 4 aromatic rings. The summed E-state index contributed by atoms with van der Waals surface area (Å²) in [6, 6.07) is 17.2. The number of ether oxygens (including phenoxy) is 1. The number of carbonyl (C=O) groups is 1. The standard InChI is InChI=1S/C22H16F2N2O3/c23-16-7-5-8-17(24)15(16)12-26-19-10-3-2-9-18(19)25-21(26)13-29-20-11-4-1-6-14(20)22(27)28/h1-11H,12-13H2,(H,27,28). The van der Waals surface area contributed by atoms with Crippen LogP contribution in [0.4, 0.5) is 8.78 Å². The molecule has 0 saturated heterocycles. The highest BCUT2D eigenvalue weighted by molar-refractivity contribution is 5.90. The van der Waals surface area contributed by atoms with Crippen molar-refractivity contribution < 1.29 is 23.4 Å². The highest BCUT2D eigenvalue weighted by atomic mass is 19.1. The molecule has 4 rings (SSSR count). The maximum atomic E-state index is 14.2. The molecule has 0 aliphatic rings. The largest absolute Gasteiger partial charge is 0.485 e. The highest BCUT2D eigenvalue weighted by Gasteiger charge is 2.17. The van der Waals surface area contributed by atoms with E-state index >= 15 is 0 Å². The van der Waals surface area contributed by atoms with Crippen LogP contribution in [-0.4, -0.2) is 20.6 Å². The monoisotopic (exact) mass is 394 g/mol. The first-order valence-electron chi connectivity index (χ1n) is 8.86. The first-order chi connectivity index (χ1) is 14.0. The van der Waals surface area contributed by atoms with Gasteiger partial charge in [0.15, 0.2) is 0 Å². The molecule has 5 nitrogen and oxygen atoms in total. The zero-order valence-corrected chi connectivity index (χ0v) is 15.2. The van der Waals surface area contributed by atoms with Gasteiger partial charge in [-0.2, -0.15) is 0 Å². The molecule has 7 heteroatoms. The average molecular weight is 394 g/mol. The van der Waals surface area contributed by atoms with E-state index in [1.165, 1.54) is 24.3 Å². The molecule has 3 aromatic carbocycles. The molecule has 0 amide bonds. The van der Waals surface area contributed by atoms with Crippen molar-refractivity contribution in [2.24, 2.45) is 0 Å². The lowest BCUT2D eigenvalue weighted by atomic mass is 10.2. The van der Waals surface area contributed by atoms with Gasteiger partial charge in [0.05, 0.1) is 17.6 Å². The summed E-state index contributed by atoms with van der Waals surface area (Å²) >= 11 is 0. The molecule has 0 fully saturated rings. The fourth-order valence-electron chi connectivity index (χ4n) is 3.17. The molecule has 0 radical (unpaired) electrons. The van der Waals surface area contributed by atoms with Gasteiger partial charge in [-0.15, -0.1) is 0 Å². The topological polar surface area (TPSA) is 64.3 Å². The van der Waals surface area contributed by atoms with Gasteiger partial charge in [0, 0.05) is 5.56 Å². The molecule has 0 aliphatic heterocycles. The summed E-state index contributed by atoms with van der Waals surface area (Å²) in [5.74, 6) is -1.79. The maximum absolute atomic E-state index is 14.2. The van der Waals surface area contributed by atoms with Crippen LogP contribution in [0, 0.1) is 11.6 Å². The zero-order valence-electron chi connectivity index (χ0n) is 15.2. The third kappa shape index (κ3) is 3.67. The van der Waals surface area contributed by atoms with E-state index in [-0.39, 0.29) is 30.0 Å². The Morgan fingerprint density at radius 1 is 0.966 bits per heavy atom. The maximum Gasteiger partial charge on any atom is 0.339 e. The fourth-order valence-corrected chi connectivity index (χ4v) is 3.17. The number of carboxylic acids is 1. The summed E-state index contributed by atoms with van der Waals surface area (Å²) in [7, 11) is 0. The first kappa shape index (κ1) is 18.6. The number of rotatable bonds is 6. The van der Waals surface area contributed by atoms with Gasteiger partial charge in [-0.1, -0.05) is 30.3 Å². The lowest BCUT2D eigenvalue weighted by Crippen LogP contribution is -2.11. The molecule has 0 saturated carbocycles. The summed E-state index contributed by atoms with van der Waals surface area (Å²) in [4.78, 5) is 15.9. The van der Waals surface area contributed by atoms with Gasteiger partial charge < -0.3 is 14.4 Å². The van der Waals surface area contributed by atoms with Gasteiger partial charge in [0.2, 0.25) is 0 Å². The number of hydrogen-bond donors (Lipinski definition) is 1. The highest BCUT2D eigenvalue weighted by Crippen LogP contribution is 2.23. The Hall–Kier alpha value is -3.74. The van der Waals surface area contributed by atoms with Crippen molar-refractivity contribution in [1.82, 2.24) is 9.55 Å². The Labute approximate surface area is 164 Å². The summed E-state index contributed by atoms with van der Waals surface area (Å²) in [6.07, 6.45) is 0. The minimum Gasteiger partial charge on any atom is -0.485 e. The van der Waals surface area contributed by atoms with Gasteiger partial charge in [0.1, 0.15) is 35.4 Å². The van der Waals surface area contributed by atoms with E-state index in [4.69, 9.17) is 4.74 Å². The number of hydrogen-bond acceptors (Lipinski definition) is 3. The first-order valence-corrected chi connectivity index (χ1v) is 8.86. The Morgan fingerprint density at radius 3 is 2.41 bits per heavy atom. The number of para-hydroxylation sites is 3. The van der Waals surface area contributed by atoms with Crippen molar-refractivity contribution in [3.8, 4) is 5.75 Å². The number of nitrogens with zero attached hydrogens (tertiary/aromatic N) is 2. The lowest BCUT2D eigenvalue weighted by Gasteiger charge is -2.13. The van der Waals surface area contributed by atoms with Gasteiger partial charge in [0.25, 0.3) is 0 Å². The van der Waals surface area contributed by atoms with Crippen LogP contribution in [0.5, 0.6) is 5.75 Å². The molecule has 0 spiro atoms. The van der Waals surface area contributed by atoms with E-state index < -0.39 is 17.6 Å². The summed E-state index contributed by atoms with van der Waals surface area (Å²) in [6.45, 7) is -0.132. The van der Waals surface area contributed by atoms with Crippen molar-refractivity contribution in [2.45, 2.75) is 13.2 Å². The quantitative estimate of drug-likeness (QED) is 0.517. The van der Waals surface area contributed by atoms with Crippen molar-refractivity contribution >= 4 is 17.0 Å². The van der Waals surface area contributed by atoms with Crippen molar-refractivity contribution in [3.63, 3.8) is 0 Å². The predicted octanol–water partition coefficient (Wildman–Crippen LogP) is 4.64. The fraction of sp³-hybridized carbons (Fsp3) is 0.0909. The molecule has 29 heavy (non-hydrogen) atoms. The Morgan fingerprint density at radius 2 is 1.66 bits per heavy atom. The number of halogens is 2. The van der Waals surface area contributed by atoms with Gasteiger partial charge in [-0.05, 0) is 36.4 Å². The molecule has 0 unspecified atom stereocenters. The third-order valence-electron chi connectivity index (χ3n) is 4.59. The molecule has 0 aliphatic carbocycles. The molecule has 1 N–H and O–H groups in total. The third-order valence-corrected chi connectivity index (χ3v) is 4.59. The number of imidazole rings is 1. The van der Waals surface area contributed by atoms with Gasteiger partial charge in [-0.3, -0.25) is 0 Å². The van der Waals surface area contributed by atoms with Crippen LogP contribution in [0.25, 0.3) is 11.0 Å². The van der Waals surface area contributed by atoms with Crippen LogP contribution in [0.2, 0.25) is 0 Å². The molecular weight excluding hydrogens is 378 g/mol. The molecular formula is C22H16F2N2O3. The Kier molecular flexibility index (Phi) is 4.95. The van der Waals surface area contributed by atoms with Crippen molar-refractivity contribution in [1.29, 1.82) is 0 Å². The number of carboxylic acid groups (broad SMARTS) is 1. The number of benzene rings is 3. The molecule has 146 valence electrons. The van der Waals surface area contributed by atoms with Gasteiger partial charge >= 0.3 is 5.97 Å². The minimum absolute atomic E-state index is 0.0234. The van der Waals surface area contributed by atoms with Crippen molar-refractivity contribution in [2.75, 3.05) is 0 Å². The van der Waals surface area contributed by atoms with E-state index in [1.807, 2.05) is 12.1 Å². The van der Waals surface area contributed by atoms with E-state index in [0.717, 1.165) is 0 Å². The Balaban J connectivity index is 1.72. The van der Waals surface area contributed by atoms with Crippen LogP contribution in [0.3, 0.4) is 0 Å². The van der Waals surface area contributed by atoms with E-state index in [0.29, 0.717) is 16.9 Å². The predicted molar refractivity (Wildman–Crippen MR) is 103 cm³/mol. The molecule has 0 atom stereocenters. The van der Waals surface area contributed by atoms with Crippen LogP contribution in [0.1, 0.15) is 21.7 Å². The normalized spacial score (nSPS) is 11.0. The molecule has 1 aromatic heterocycles. The van der Waals surface area contributed by atoms with E-state index in [2.05, 4.69) is 4.98 Å². The summed E-state index contributed by atoms with van der Waals surface area (Å²) in [5, 5.41) is 9.30. The minimum atomic E-state index is -1.11. The second kappa shape index (κ2) is 7.71. The van der Waals surface area contributed by atoms with Crippen LogP contribution in [-0.2, 0) is 13.2 Å². The summed E-state index contributed by atoms with van der Waals surface area (Å²) in [5.41, 5.74) is 1.28. The number of aromatic carboxylic acids is 1. The van der Waals surface area contributed by atoms with Crippen LogP contribution >= 0.6 is 0 Å². The number of fused-ring (bicyclic) bond motifs is 1. The molecule has 1 heterocycles.